The summed E-state index contributed by atoms with van der Waals surface area (Å²) in [7, 11) is -4.31. The van der Waals surface area contributed by atoms with E-state index in [4.69, 9.17) is 8.92 Å². The highest BCUT2D eigenvalue weighted by Crippen LogP contribution is 2.50. The normalized spacial score (nSPS) is 20.1. The number of benzene rings is 1. The lowest BCUT2D eigenvalue weighted by Gasteiger charge is -2.45. The van der Waals surface area contributed by atoms with Crippen LogP contribution in [0.3, 0.4) is 0 Å². The Balaban J connectivity index is 1.80. The average molecular weight is 634 g/mol. The maximum absolute atomic E-state index is 13.1. The molecule has 0 spiro atoms. The first-order chi connectivity index (χ1) is 17.8. The van der Waals surface area contributed by atoms with Gasteiger partial charge in [-0.05, 0) is 47.5 Å². The Kier molecular flexibility index (Phi) is 9.69. The molecule has 0 aromatic heterocycles. The molecule has 0 radical (unpaired) electrons. The summed E-state index contributed by atoms with van der Waals surface area (Å²) in [6, 6.07) is 4.88. The molecule has 3 rings (SSSR count). The molecule has 1 aromatic rings. The van der Waals surface area contributed by atoms with Crippen LogP contribution in [0.2, 0.25) is 0 Å². The van der Waals surface area contributed by atoms with Crippen LogP contribution in [0.15, 0.2) is 44.9 Å². The molecule has 1 N–H and O–H groups in total. The van der Waals surface area contributed by atoms with Crippen molar-refractivity contribution in [3.05, 3.63) is 60.6 Å². The van der Waals surface area contributed by atoms with Crippen LogP contribution in [0.1, 0.15) is 32.8 Å². The van der Waals surface area contributed by atoms with E-state index >= 15 is 0 Å². The third-order valence-corrected chi connectivity index (χ3v) is 8.22. The zero-order chi connectivity index (χ0) is 28.2. The van der Waals surface area contributed by atoms with Crippen molar-refractivity contribution < 1.29 is 40.8 Å². The topological polar surface area (TPSA) is 171 Å². The lowest BCUT2D eigenvalue weighted by atomic mass is 9.83. The number of nitro groups is 1. The number of nitrogens with zero attached hydrogens (tertiary/aromatic N) is 2. The smallest absolute Gasteiger partial charge is 0.400 e. The molecule has 0 bridgehead atoms. The van der Waals surface area contributed by atoms with Crippen molar-refractivity contribution in [2.24, 2.45) is 5.92 Å². The largest absolute Gasteiger partial charge is 0.456 e. The van der Waals surface area contributed by atoms with Crippen LogP contribution in [0.5, 0.6) is 0 Å². The predicted octanol–water partition coefficient (Wildman–Crippen LogP) is 2.83. The van der Waals surface area contributed by atoms with Gasteiger partial charge in [0.2, 0.25) is 11.8 Å². The van der Waals surface area contributed by atoms with Gasteiger partial charge in [0.05, 0.1) is 33.4 Å². The maximum atomic E-state index is 13.1. The van der Waals surface area contributed by atoms with Gasteiger partial charge in [-0.25, -0.2) is 13.2 Å². The van der Waals surface area contributed by atoms with Crippen molar-refractivity contribution in [2.75, 3.05) is 6.61 Å². The predicted molar refractivity (Wildman–Crippen MR) is 138 cm³/mol. The first kappa shape index (κ1) is 29.8. The molecule has 16 heteroatoms. The number of amides is 2. The SMILES string of the molecule is CCOS(=O)(=O)O[C@@H](C)[C@@H]1C(=O)N2C(C(=O)OCc3ccc([N+](=O)[O-])cc3)=C(SC(Br)=CNC(C)=O)C[C@H]12. The summed E-state index contributed by atoms with van der Waals surface area (Å²) in [5, 5.41) is 13.3. The summed E-state index contributed by atoms with van der Waals surface area (Å²) in [4.78, 5) is 49.4. The third-order valence-electron chi connectivity index (χ3n) is 5.53. The second-order valence-electron chi connectivity index (χ2n) is 8.14. The van der Waals surface area contributed by atoms with Crippen molar-refractivity contribution in [1.82, 2.24) is 10.2 Å². The summed E-state index contributed by atoms with van der Waals surface area (Å²) >= 11 is 4.39. The third kappa shape index (κ3) is 6.99. The molecule has 2 heterocycles. The number of esters is 1. The number of thioether (sulfide) groups is 1. The van der Waals surface area contributed by atoms with Gasteiger partial charge in [0, 0.05) is 36.6 Å². The number of hydrogen-bond acceptors (Lipinski definition) is 11. The fraction of sp³-hybridized carbons (Fsp3) is 0.409. The fourth-order valence-electron chi connectivity index (χ4n) is 3.95. The van der Waals surface area contributed by atoms with Crippen LogP contribution in [0.25, 0.3) is 0 Å². The fourth-order valence-corrected chi connectivity index (χ4v) is 6.37. The molecule has 0 aliphatic carbocycles. The van der Waals surface area contributed by atoms with E-state index in [0.717, 1.165) is 11.8 Å². The molecule has 2 amide bonds. The van der Waals surface area contributed by atoms with E-state index in [2.05, 4.69) is 25.4 Å². The molecule has 3 atom stereocenters. The summed E-state index contributed by atoms with van der Waals surface area (Å²) in [5.41, 5.74) is 0.364. The van der Waals surface area contributed by atoms with Crippen LogP contribution < -0.4 is 5.32 Å². The van der Waals surface area contributed by atoms with Crippen molar-refractivity contribution >= 4 is 61.6 Å². The minimum atomic E-state index is -4.31. The van der Waals surface area contributed by atoms with Crippen molar-refractivity contribution in [3.63, 3.8) is 0 Å². The van der Waals surface area contributed by atoms with E-state index in [1.165, 1.54) is 56.1 Å². The van der Waals surface area contributed by atoms with Crippen LogP contribution >= 0.6 is 27.7 Å². The van der Waals surface area contributed by atoms with E-state index in [1.54, 1.807) is 0 Å². The first-order valence-electron chi connectivity index (χ1n) is 11.2. The van der Waals surface area contributed by atoms with Crippen molar-refractivity contribution in [3.8, 4) is 0 Å². The summed E-state index contributed by atoms with van der Waals surface area (Å²) < 4.78 is 39.3. The minimum absolute atomic E-state index is 0.0174. The lowest BCUT2D eigenvalue weighted by Crippen LogP contribution is -2.62. The Bertz CT molecular complexity index is 1300. The number of fused-ring (bicyclic) bond motifs is 1. The molecular formula is C22H24BrN3O10S2. The van der Waals surface area contributed by atoms with Crippen LogP contribution in [-0.2, 0) is 44.5 Å². The van der Waals surface area contributed by atoms with E-state index in [0.29, 0.717) is 14.3 Å². The summed E-state index contributed by atoms with van der Waals surface area (Å²) in [6.45, 7) is 3.90. The van der Waals surface area contributed by atoms with Gasteiger partial charge in [-0.3, -0.25) is 19.7 Å². The van der Waals surface area contributed by atoms with Gasteiger partial charge in [0.25, 0.3) is 5.69 Å². The highest BCUT2D eigenvalue weighted by atomic mass is 79.9. The maximum Gasteiger partial charge on any atom is 0.400 e. The van der Waals surface area contributed by atoms with Gasteiger partial charge < -0.3 is 15.0 Å². The molecule has 0 unspecified atom stereocenters. The number of carbonyl (C=O) groups excluding carboxylic acids is 3. The summed E-state index contributed by atoms with van der Waals surface area (Å²) in [6.07, 6.45) is 0.532. The molecule has 38 heavy (non-hydrogen) atoms. The molecular weight excluding hydrogens is 610 g/mol. The highest BCUT2D eigenvalue weighted by molar-refractivity contribution is 9.14. The average Bonchev–Trinajstić information content (AvgIpc) is 3.14. The van der Waals surface area contributed by atoms with E-state index < -0.39 is 45.3 Å². The van der Waals surface area contributed by atoms with Crippen molar-refractivity contribution in [1.29, 1.82) is 0 Å². The molecule has 1 fully saturated rings. The molecule has 13 nitrogen and oxygen atoms in total. The molecule has 2 aliphatic rings. The molecule has 1 aromatic carbocycles. The number of nitrogens with one attached hydrogen (secondary N) is 1. The van der Waals surface area contributed by atoms with Crippen LogP contribution in [0.4, 0.5) is 5.69 Å². The highest BCUT2D eigenvalue weighted by Gasteiger charge is 2.58. The van der Waals surface area contributed by atoms with Crippen LogP contribution in [0, 0.1) is 16.0 Å². The molecule has 1 saturated heterocycles. The van der Waals surface area contributed by atoms with Crippen LogP contribution in [-0.4, -0.2) is 54.8 Å². The number of β-lactam (4-membered cyclic amide) rings is 1. The quantitative estimate of drug-likeness (QED) is 0.155. The van der Waals surface area contributed by atoms with Gasteiger partial charge in [0.15, 0.2) is 0 Å². The molecule has 0 saturated carbocycles. The van der Waals surface area contributed by atoms with Gasteiger partial charge in [-0.1, -0.05) is 11.8 Å². The molecule has 2 aliphatic heterocycles. The van der Waals surface area contributed by atoms with Gasteiger partial charge in [0.1, 0.15) is 12.3 Å². The zero-order valence-electron chi connectivity index (χ0n) is 20.4. The number of carbonyl (C=O) groups is 3. The zero-order valence-corrected chi connectivity index (χ0v) is 23.6. The second-order valence-corrected chi connectivity index (χ2v) is 11.9. The Morgan fingerprint density at radius 1 is 1.34 bits per heavy atom. The Morgan fingerprint density at radius 3 is 2.58 bits per heavy atom. The Morgan fingerprint density at radius 2 is 2.00 bits per heavy atom. The van der Waals surface area contributed by atoms with Gasteiger partial charge in [-0.15, -0.1) is 0 Å². The Labute approximate surface area is 231 Å². The first-order valence-corrected chi connectivity index (χ1v) is 14.1. The van der Waals surface area contributed by atoms with Crippen molar-refractivity contribution in [2.45, 2.75) is 45.9 Å². The number of hydrogen-bond donors (Lipinski definition) is 1. The van der Waals surface area contributed by atoms with Gasteiger partial charge in [-0.2, -0.15) is 8.42 Å². The summed E-state index contributed by atoms with van der Waals surface area (Å²) in [5.74, 6) is -2.50. The number of non-ortho nitro benzene ring substituents is 1. The number of nitro benzene ring substituents is 1. The second kappa shape index (κ2) is 12.4. The van der Waals surface area contributed by atoms with E-state index in [9.17, 15) is 32.9 Å². The van der Waals surface area contributed by atoms with Gasteiger partial charge >= 0.3 is 16.4 Å². The standard InChI is InChI=1S/C22H24BrN3O10S2/c1-4-35-38(32,33)36-12(2)19-16-9-17(37-18(23)10-24-13(3)27)20(25(16)21(19)28)22(29)34-11-14-5-7-15(8-6-14)26(30)31/h5-8,10,12,16,19H,4,9,11H2,1-3H3,(H,24,27)/t12-,16+,19-/m0/s1. The number of rotatable bonds is 12. The van der Waals surface area contributed by atoms with E-state index in [1.807, 2.05) is 0 Å². The minimum Gasteiger partial charge on any atom is -0.456 e. The number of halogens is 1. The Hall–Kier alpha value is -2.79. The number of ether oxygens (including phenoxy) is 1. The monoisotopic (exact) mass is 633 g/mol. The lowest BCUT2D eigenvalue weighted by molar-refractivity contribution is -0.384. The van der Waals surface area contributed by atoms with E-state index in [-0.39, 0.29) is 36.9 Å². The molecule has 206 valence electrons.